The maximum Gasteiger partial charge on any atom is 0.257 e. The zero-order valence-corrected chi connectivity index (χ0v) is 14.8. The minimum absolute atomic E-state index is 0.00113. The van der Waals surface area contributed by atoms with Gasteiger partial charge in [-0.25, -0.2) is 0 Å². The molecule has 1 fully saturated rings. The van der Waals surface area contributed by atoms with Gasteiger partial charge in [0.2, 0.25) is 5.91 Å². The van der Waals surface area contributed by atoms with Crippen LogP contribution in [0.3, 0.4) is 0 Å². The number of amides is 1. The van der Waals surface area contributed by atoms with E-state index in [-0.39, 0.29) is 11.8 Å². The van der Waals surface area contributed by atoms with E-state index in [1.807, 2.05) is 35.2 Å². The Morgan fingerprint density at radius 2 is 2.00 bits per heavy atom. The molecule has 2 aromatic carbocycles. The summed E-state index contributed by atoms with van der Waals surface area (Å²) in [5, 5.41) is 4.11. The van der Waals surface area contributed by atoms with E-state index in [2.05, 4.69) is 41.3 Å². The topological polar surface area (TPSA) is 59.2 Å². The predicted octanol–water partition coefficient (Wildman–Crippen LogP) is 3.60. The van der Waals surface area contributed by atoms with Crippen LogP contribution in [0.1, 0.15) is 29.3 Å². The van der Waals surface area contributed by atoms with Crippen LogP contribution >= 0.6 is 0 Å². The molecule has 2 heterocycles. The highest BCUT2D eigenvalue weighted by Crippen LogP contribution is 2.28. The van der Waals surface area contributed by atoms with Crippen molar-refractivity contribution < 1.29 is 9.32 Å². The van der Waals surface area contributed by atoms with Gasteiger partial charge in [-0.1, -0.05) is 53.2 Å². The van der Waals surface area contributed by atoms with Crippen LogP contribution in [-0.2, 0) is 11.2 Å². The highest BCUT2D eigenvalue weighted by atomic mass is 16.5. The Labute approximate surface area is 152 Å². The van der Waals surface area contributed by atoms with Crippen molar-refractivity contribution in [2.75, 3.05) is 13.1 Å². The number of aryl methyl sites for hydroxylation is 1. The number of nitrogens with zero attached hydrogens (tertiary/aromatic N) is 3. The van der Waals surface area contributed by atoms with E-state index in [1.165, 1.54) is 11.1 Å². The number of carbonyl (C=O) groups is 1. The van der Waals surface area contributed by atoms with Gasteiger partial charge >= 0.3 is 0 Å². The van der Waals surface area contributed by atoms with Gasteiger partial charge in [0.25, 0.3) is 5.89 Å². The van der Waals surface area contributed by atoms with Crippen molar-refractivity contribution in [1.29, 1.82) is 0 Å². The minimum Gasteiger partial charge on any atom is -0.342 e. The molecular weight excluding hydrogens is 326 g/mol. The zero-order valence-electron chi connectivity index (χ0n) is 14.8. The van der Waals surface area contributed by atoms with E-state index in [0.717, 1.165) is 18.5 Å². The van der Waals surface area contributed by atoms with Crippen molar-refractivity contribution in [1.82, 2.24) is 15.0 Å². The lowest BCUT2D eigenvalue weighted by Crippen LogP contribution is -2.27. The fourth-order valence-electron chi connectivity index (χ4n) is 3.39. The van der Waals surface area contributed by atoms with Gasteiger partial charge in [-0.15, -0.1) is 0 Å². The summed E-state index contributed by atoms with van der Waals surface area (Å²) in [5.41, 5.74) is 3.40. The third-order valence-corrected chi connectivity index (χ3v) is 4.80. The molecule has 1 aliphatic rings. The van der Waals surface area contributed by atoms with E-state index in [9.17, 15) is 4.79 Å². The molecule has 5 nitrogen and oxygen atoms in total. The second kappa shape index (κ2) is 7.12. The van der Waals surface area contributed by atoms with Gasteiger partial charge in [0.05, 0.1) is 0 Å². The maximum atomic E-state index is 12.4. The molecule has 1 unspecified atom stereocenters. The molecule has 0 N–H and O–H groups in total. The molecule has 1 atom stereocenters. The largest absolute Gasteiger partial charge is 0.342 e. The molecule has 26 heavy (non-hydrogen) atoms. The average molecular weight is 347 g/mol. The molecule has 132 valence electrons. The zero-order chi connectivity index (χ0) is 17.9. The first-order valence-electron chi connectivity index (χ1n) is 8.91. The first-order valence-corrected chi connectivity index (χ1v) is 8.91. The quantitative estimate of drug-likeness (QED) is 0.707. The highest BCUT2D eigenvalue weighted by molar-refractivity contribution is 5.79. The third-order valence-electron chi connectivity index (χ3n) is 4.80. The molecule has 1 amide bonds. The van der Waals surface area contributed by atoms with Crippen LogP contribution in [0.4, 0.5) is 0 Å². The van der Waals surface area contributed by atoms with Gasteiger partial charge in [0, 0.05) is 31.0 Å². The summed E-state index contributed by atoms with van der Waals surface area (Å²) in [7, 11) is 0. The van der Waals surface area contributed by atoms with Crippen LogP contribution < -0.4 is 0 Å². The summed E-state index contributed by atoms with van der Waals surface area (Å²) in [6, 6.07) is 18.1. The fraction of sp³-hybridized carbons (Fsp3) is 0.286. The van der Waals surface area contributed by atoms with Crippen LogP contribution in [0.2, 0.25) is 0 Å². The highest BCUT2D eigenvalue weighted by Gasteiger charge is 2.33. The number of carbonyl (C=O) groups excluding carboxylic acids is 1. The Hall–Kier alpha value is -2.95. The molecular formula is C21H21N3O2. The van der Waals surface area contributed by atoms with Gasteiger partial charge < -0.3 is 9.42 Å². The molecule has 5 heteroatoms. The number of likely N-dealkylation sites (tertiary alicyclic amines) is 1. The Bertz CT molecular complexity index is 904. The van der Waals surface area contributed by atoms with Crippen molar-refractivity contribution in [3.63, 3.8) is 0 Å². The number of benzene rings is 2. The molecule has 0 aliphatic carbocycles. The van der Waals surface area contributed by atoms with Gasteiger partial charge in [-0.2, -0.15) is 4.98 Å². The average Bonchev–Trinajstić information content (AvgIpc) is 3.28. The van der Waals surface area contributed by atoms with E-state index >= 15 is 0 Å². The van der Waals surface area contributed by atoms with Crippen molar-refractivity contribution in [3.8, 4) is 11.5 Å². The standard InChI is InChI=1S/C21H21N3O2/c1-15-6-5-7-16(12-15)10-11-24-14-18(13-19(24)25)20-22-21(26-23-20)17-8-3-2-4-9-17/h2-9,12,18H,10-11,13-14H2,1H3. The van der Waals surface area contributed by atoms with Crippen LogP contribution in [0, 0.1) is 6.92 Å². The third kappa shape index (κ3) is 3.52. The van der Waals surface area contributed by atoms with Crippen LogP contribution in [0.25, 0.3) is 11.5 Å². The maximum absolute atomic E-state index is 12.4. The van der Waals surface area contributed by atoms with Crippen molar-refractivity contribution in [3.05, 3.63) is 71.5 Å². The normalized spacial score (nSPS) is 17.0. The lowest BCUT2D eigenvalue weighted by Gasteiger charge is -2.16. The molecule has 4 rings (SSSR count). The van der Waals surface area contributed by atoms with Crippen LogP contribution in [0.5, 0.6) is 0 Å². The fourth-order valence-corrected chi connectivity index (χ4v) is 3.39. The first-order chi connectivity index (χ1) is 12.7. The SMILES string of the molecule is Cc1cccc(CCN2CC(c3noc(-c4ccccc4)n3)CC2=O)c1. The molecule has 1 aromatic heterocycles. The van der Waals surface area contributed by atoms with Crippen LogP contribution in [-0.4, -0.2) is 34.0 Å². The summed E-state index contributed by atoms with van der Waals surface area (Å²) >= 11 is 0. The van der Waals surface area contributed by atoms with Crippen molar-refractivity contribution >= 4 is 5.91 Å². The summed E-state index contributed by atoms with van der Waals surface area (Å²) in [5.74, 6) is 1.29. The lowest BCUT2D eigenvalue weighted by atomic mass is 10.1. The number of rotatable bonds is 5. The minimum atomic E-state index is 0.00113. The summed E-state index contributed by atoms with van der Waals surface area (Å²) in [6.07, 6.45) is 1.31. The molecule has 0 spiro atoms. The Morgan fingerprint density at radius 1 is 1.15 bits per heavy atom. The van der Waals surface area contributed by atoms with E-state index in [4.69, 9.17) is 4.52 Å². The molecule has 0 bridgehead atoms. The molecule has 0 radical (unpaired) electrons. The molecule has 0 saturated carbocycles. The summed E-state index contributed by atoms with van der Waals surface area (Å²) < 4.78 is 5.39. The molecule has 1 saturated heterocycles. The smallest absolute Gasteiger partial charge is 0.257 e. The van der Waals surface area contributed by atoms with Gasteiger partial charge in [-0.05, 0) is 31.0 Å². The summed E-state index contributed by atoms with van der Waals surface area (Å²) in [6.45, 7) is 3.46. The first kappa shape index (κ1) is 16.5. The van der Waals surface area contributed by atoms with Gasteiger partial charge in [0.1, 0.15) is 0 Å². The van der Waals surface area contributed by atoms with Crippen molar-refractivity contribution in [2.45, 2.75) is 25.7 Å². The number of hydrogen-bond donors (Lipinski definition) is 0. The second-order valence-corrected chi connectivity index (χ2v) is 6.80. The van der Waals surface area contributed by atoms with Crippen molar-refractivity contribution in [2.24, 2.45) is 0 Å². The van der Waals surface area contributed by atoms with E-state index in [0.29, 0.717) is 24.7 Å². The number of aromatic nitrogens is 2. The second-order valence-electron chi connectivity index (χ2n) is 6.80. The van der Waals surface area contributed by atoms with Crippen LogP contribution in [0.15, 0.2) is 59.1 Å². The Kier molecular flexibility index (Phi) is 4.52. The monoisotopic (exact) mass is 347 g/mol. The summed E-state index contributed by atoms with van der Waals surface area (Å²) in [4.78, 5) is 18.8. The molecule has 1 aliphatic heterocycles. The molecule has 3 aromatic rings. The predicted molar refractivity (Wildman–Crippen MR) is 98.6 cm³/mol. The number of hydrogen-bond acceptors (Lipinski definition) is 4. The van der Waals surface area contributed by atoms with Gasteiger partial charge in [-0.3, -0.25) is 4.79 Å². The van der Waals surface area contributed by atoms with E-state index in [1.54, 1.807) is 0 Å². The van der Waals surface area contributed by atoms with Gasteiger partial charge in [0.15, 0.2) is 5.82 Å². The Balaban J connectivity index is 1.41. The van der Waals surface area contributed by atoms with E-state index < -0.39 is 0 Å². The Morgan fingerprint density at radius 3 is 2.81 bits per heavy atom. The lowest BCUT2D eigenvalue weighted by molar-refractivity contribution is -0.127.